The maximum Gasteiger partial charge on any atom is 0.269 e. The van der Waals surface area contributed by atoms with Crippen LogP contribution < -0.4 is 5.32 Å². The monoisotopic (exact) mass is 510 g/mol. The van der Waals surface area contributed by atoms with E-state index in [1.165, 1.54) is 11.3 Å². The second kappa shape index (κ2) is 10.3. The summed E-state index contributed by atoms with van der Waals surface area (Å²) in [6.07, 6.45) is 6.95. The average molecular weight is 511 g/mol. The van der Waals surface area contributed by atoms with Crippen molar-refractivity contribution in [2.24, 2.45) is 0 Å². The molecular weight excluding hydrogens is 484 g/mol. The maximum atomic E-state index is 13.4. The number of hydrogen-bond acceptors (Lipinski definition) is 7. The van der Waals surface area contributed by atoms with Crippen LogP contribution in [0.4, 0.5) is 0 Å². The molecule has 0 atom stereocenters. The van der Waals surface area contributed by atoms with E-state index < -0.39 is 0 Å². The molecule has 182 valence electrons. The average Bonchev–Trinajstić information content (AvgIpc) is 3.60. The molecule has 0 aliphatic carbocycles. The third-order valence-electron chi connectivity index (χ3n) is 6.30. The topological polar surface area (TPSA) is 89.1 Å². The molecule has 0 radical (unpaired) electrons. The summed E-state index contributed by atoms with van der Waals surface area (Å²) in [6.45, 7) is 6.72. The minimum Gasteiger partial charge on any atom is -0.355 e. The number of imidazole rings is 1. The zero-order chi connectivity index (χ0) is 24.4. The Bertz CT molecular complexity index is 1290. The highest BCUT2D eigenvalue weighted by Crippen LogP contribution is 2.32. The molecule has 5 heterocycles. The summed E-state index contributed by atoms with van der Waals surface area (Å²) in [5.41, 5.74) is 2.00. The third-order valence-corrected chi connectivity index (χ3v) is 7.54. The van der Waals surface area contributed by atoms with Crippen LogP contribution in [0.15, 0.2) is 53.4 Å². The first-order valence-corrected chi connectivity index (χ1v) is 12.9. The van der Waals surface area contributed by atoms with E-state index in [1.54, 1.807) is 18.6 Å². The van der Waals surface area contributed by atoms with Gasteiger partial charge in [0.05, 0.1) is 22.0 Å². The van der Waals surface area contributed by atoms with E-state index in [4.69, 9.17) is 16.1 Å². The van der Waals surface area contributed by atoms with Crippen molar-refractivity contribution in [1.29, 1.82) is 0 Å². The Hall–Kier alpha value is -3.01. The Balaban J connectivity index is 1.39. The van der Waals surface area contributed by atoms with Gasteiger partial charge in [-0.25, -0.2) is 4.98 Å². The van der Waals surface area contributed by atoms with Crippen LogP contribution in [-0.4, -0.2) is 55.7 Å². The number of aromatic nitrogens is 4. The standard InChI is InChI=1S/C25H27ClN6O2S/c1-16(2)31-10-7-18(8-11-31)29-25(33)20-14-28-24(17-4-3-9-27-13-17)32(20)15-19-12-21(34-30-19)22-5-6-23(26)35-22/h3-6,9,12-14,16,18H,7-8,10-11,15H2,1-2H3,(H,29,33). The number of nitrogens with one attached hydrogen (secondary N) is 1. The van der Waals surface area contributed by atoms with Crippen LogP contribution in [0.25, 0.3) is 22.0 Å². The summed E-state index contributed by atoms with van der Waals surface area (Å²) in [4.78, 5) is 25.5. The van der Waals surface area contributed by atoms with E-state index in [2.05, 4.69) is 39.2 Å². The molecule has 1 saturated heterocycles. The van der Waals surface area contributed by atoms with Crippen molar-refractivity contribution in [2.45, 2.75) is 45.3 Å². The lowest BCUT2D eigenvalue weighted by molar-refractivity contribution is 0.0892. The predicted octanol–water partition coefficient (Wildman–Crippen LogP) is 4.97. The number of hydrogen-bond donors (Lipinski definition) is 1. The van der Waals surface area contributed by atoms with Gasteiger partial charge < -0.3 is 19.3 Å². The van der Waals surface area contributed by atoms with Crippen LogP contribution in [0.1, 0.15) is 42.9 Å². The number of likely N-dealkylation sites (tertiary alicyclic amines) is 1. The van der Waals surface area contributed by atoms with Crippen LogP contribution >= 0.6 is 22.9 Å². The van der Waals surface area contributed by atoms with Gasteiger partial charge in [-0.15, -0.1) is 11.3 Å². The Labute approximate surface area is 212 Å². The maximum absolute atomic E-state index is 13.4. The van der Waals surface area contributed by atoms with Crippen molar-refractivity contribution in [3.8, 4) is 22.0 Å². The normalized spacial score (nSPS) is 15.1. The summed E-state index contributed by atoms with van der Waals surface area (Å²) < 4.78 is 8.12. The molecule has 10 heteroatoms. The van der Waals surface area contributed by atoms with Gasteiger partial charge >= 0.3 is 0 Å². The largest absolute Gasteiger partial charge is 0.355 e. The van der Waals surface area contributed by atoms with Gasteiger partial charge in [0, 0.05) is 49.2 Å². The predicted molar refractivity (Wildman–Crippen MR) is 137 cm³/mol. The molecule has 1 N–H and O–H groups in total. The molecule has 5 rings (SSSR count). The van der Waals surface area contributed by atoms with E-state index in [9.17, 15) is 4.79 Å². The molecule has 1 fully saturated rings. The summed E-state index contributed by atoms with van der Waals surface area (Å²) in [6, 6.07) is 10.0. The van der Waals surface area contributed by atoms with Crippen molar-refractivity contribution in [3.05, 3.63) is 64.6 Å². The Kier molecular flexibility index (Phi) is 6.99. The van der Waals surface area contributed by atoms with Crippen molar-refractivity contribution in [2.75, 3.05) is 13.1 Å². The van der Waals surface area contributed by atoms with Gasteiger partial charge in [0.1, 0.15) is 17.2 Å². The Morgan fingerprint density at radius 1 is 1.26 bits per heavy atom. The van der Waals surface area contributed by atoms with Crippen LogP contribution in [0.5, 0.6) is 0 Å². The van der Waals surface area contributed by atoms with Crippen molar-refractivity contribution >= 4 is 28.8 Å². The molecule has 0 unspecified atom stereocenters. The van der Waals surface area contributed by atoms with E-state index in [0.717, 1.165) is 36.4 Å². The van der Waals surface area contributed by atoms with Gasteiger partial charge in [-0.2, -0.15) is 0 Å². The third kappa shape index (κ3) is 5.32. The zero-order valence-electron chi connectivity index (χ0n) is 19.6. The molecule has 1 aliphatic rings. The number of thiophene rings is 1. The van der Waals surface area contributed by atoms with Gasteiger partial charge in [-0.3, -0.25) is 9.78 Å². The van der Waals surface area contributed by atoms with Gasteiger partial charge in [-0.1, -0.05) is 16.8 Å². The molecule has 0 spiro atoms. The van der Waals surface area contributed by atoms with Crippen LogP contribution in [0.3, 0.4) is 0 Å². The molecule has 0 bridgehead atoms. The Morgan fingerprint density at radius 2 is 2.09 bits per heavy atom. The molecule has 1 aliphatic heterocycles. The second-order valence-corrected chi connectivity index (χ2v) is 10.7. The molecular formula is C25H27ClN6O2S. The number of halogens is 1. The van der Waals surface area contributed by atoms with Gasteiger partial charge in [-0.05, 0) is 51.0 Å². The first kappa shape index (κ1) is 23.7. The number of amides is 1. The smallest absolute Gasteiger partial charge is 0.269 e. The highest BCUT2D eigenvalue weighted by Gasteiger charge is 2.25. The minimum atomic E-state index is -0.135. The van der Waals surface area contributed by atoms with E-state index >= 15 is 0 Å². The summed E-state index contributed by atoms with van der Waals surface area (Å²) in [5.74, 6) is 1.16. The summed E-state index contributed by atoms with van der Waals surface area (Å²) in [7, 11) is 0. The van der Waals surface area contributed by atoms with E-state index in [-0.39, 0.29) is 11.9 Å². The zero-order valence-corrected chi connectivity index (χ0v) is 21.2. The molecule has 4 aromatic rings. The SMILES string of the molecule is CC(C)N1CCC(NC(=O)c2cnc(-c3cccnc3)n2Cc2cc(-c3ccc(Cl)s3)on2)CC1. The molecule has 8 nitrogen and oxygen atoms in total. The van der Waals surface area contributed by atoms with E-state index in [0.29, 0.717) is 39.9 Å². The fraction of sp³-hybridized carbons (Fsp3) is 0.360. The number of nitrogens with zero attached hydrogens (tertiary/aromatic N) is 5. The molecule has 4 aromatic heterocycles. The highest BCUT2D eigenvalue weighted by molar-refractivity contribution is 7.19. The quantitative estimate of drug-likeness (QED) is 0.378. The number of rotatable bonds is 7. The Morgan fingerprint density at radius 3 is 2.77 bits per heavy atom. The first-order chi connectivity index (χ1) is 17.0. The van der Waals surface area contributed by atoms with E-state index in [1.807, 2.05) is 34.9 Å². The van der Waals surface area contributed by atoms with Crippen molar-refractivity contribution in [1.82, 2.24) is 29.9 Å². The summed E-state index contributed by atoms with van der Waals surface area (Å²) >= 11 is 7.50. The number of piperidine rings is 1. The van der Waals surface area contributed by atoms with Crippen molar-refractivity contribution in [3.63, 3.8) is 0 Å². The highest BCUT2D eigenvalue weighted by atomic mass is 35.5. The van der Waals surface area contributed by atoms with Gasteiger partial charge in [0.25, 0.3) is 5.91 Å². The first-order valence-electron chi connectivity index (χ1n) is 11.7. The number of pyridine rings is 1. The van der Waals surface area contributed by atoms with Gasteiger partial charge in [0.2, 0.25) is 0 Å². The lowest BCUT2D eigenvalue weighted by Crippen LogP contribution is -2.46. The van der Waals surface area contributed by atoms with Gasteiger partial charge in [0.15, 0.2) is 5.76 Å². The van der Waals surface area contributed by atoms with Crippen LogP contribution in [-0.2, 0) is 6.54 Å². The lowest BCUT2D eigenvalue weighted by Gasteiger charge is -2.34. The van der Waals surface area contributed by atoms with Crippen molar-refractivity contribution < 1.29 is 9.32 Å². The molecule has 0 aromatic carbocycles. The van der Waals surface area contributed by atoms with Crippen LogP contribution in [0, 0.1) is 0 Å². The number of carbonyl (C=O) groups is 1. The minimum absolute atomic E-state index is 0.135. The fourth-order valence-corrected chi connectivity index (χ4v) is 5.36. The van der Waals surface area contributed by atoms with Crippen LogP contribution in [0.2, 0.25) is 4.34 Å². The lowest BCUT2D eigenvalue weighted by atomic mass is 10.0. The molecule has 35 heavy (non-hydrogen) atoms. The summed E-state index contributed by atoms with van der Waals surface area (Å²) in [5, 5.41) is 7.46. The fourth-order valence-electron chi connectivity index (χ4n) is 4.37. The number of carbonyl (C=O) groups excluding carboxylic acids is 1. The molecule has 1 amide bonds. The second-order valence-electron chi connectivity index (χ2n) is 8.96. The molecule has 0 saturated carbocycles.